The minimum absolute atomic E-state index is 0.0317. The van der Waals surface area contributed by atoms with Crippen LogP contribution < -0.4 is 15.4 Å². The maximum atomic E-state index is 11.5. The number of methoxy groups -OCH3 is 1. The first-order chi connectivity index (χ1) is 10.6. The molecule has 0 spiro atoms. The molecule has 1 unspecified atom stereocenters. The molecule has 0 saturated carbocycles. The van der Waals surface area contributed by atoms with Gasteiger partial charge in [0.15, 0.2) is 5.82 Å². The highest BCUT2D eigenvalue weighted by molar-refractivity contribution is 5.95. The fourth-order valence-electron chi connectivity index (χ4n) is 2.47. The standard InChI is InChI=1S/C15H18N4O3/c1-8(15-17-9(2)19-22-15)16-12-7-11-10(6-13(12)21-3)4-5-14(20)18-11/h6-8,16H,4-5H2,1-3H3,(H,18,20). The van der Waals surface area contributed by atoms with Crippen LogP contribution in [0.25, 0.3) is 0 Å². The van der Waals surface area contributed by atoms with Crippen molar-refractivity contribution < 1.29 is 14.1 Å². The summed E-state index contributed by atoms with van der Waals surface area (Å²) in [6.07, 6.45) is 1.22. The highest BCUT2D eigenvalue weighted by Crippen LogP contribution is 2.35. The Morgan fingerprint density at radius 1 is 1.41 bits per heavy atom. The van der Waals surface area contributed by atoms with Gasteiger partial charge in [-0.1, -0.05) is 5.16 Å². The van der Waals surface area contributed by atoms with Crippen LogP contribution in [-0.4, -0.2) is 23.2 Å². The molecule has 3 rings (SSSR count). The first-order valence-electron chi connectivity index (χ1n) is 7.14. The van der Waals surface area contributed by atoms with Gasteiger partial charge in [0.05, 0.1) is 12.8 Å². The summed E-state index contributed by atoms with van der Waals surface area (Å²) < 4.78 is 10.6. The van der Waals surface area contributed by atoms with Crippen molar-refractivity contribution in [3.63, 3.8) is 0 Å². The van der Waals surface area contributed by atoms with E-state index in [0.29, 0.717) is 18.1 Å². The molecule has 0 saturated heterocycles. The Balaban J connectivity index is 1.89. The van der Waals surface area contributed by atoms with E-state index in [2.05, 4.69) is 20.8 Å². The molecule has 1 amide bonds. The molecule has 1 atom stereocenters. The number of hydrogen-bond donors (Lipinski definition) is 2. The monoisotopic (exact) mass is 302 g/mol. The van der Waals surface area contributed by atoms with Crippen LogP contribution in [0.3, 0.4) is 0 Å². The predicted molar refractivity (Wildman–Crippen MR) is 81.0 cm³/mol. The lowest BCUT2D eigenvalue weighted by atomic mass is 10.0. The van der Waals surface area contributed by atoms with Crippen LogP contribution in [0.15, 0.2) is 16.7 Å². The van der Waals surface area contributed by atoms with Crippen molar-refractivity contribution in [2.45, 2.75) is 32.7 Å². The first kappa shape index (κ1) is 14.4. The summed E-state index contributed by atoms with van der Waals surface area (Å²) in [7, 11) is 1.62. The van der Waals surface area contributed by atoms with Gasteiger partial charge >= 0.3 is 0 Å². The quantitative estimate of drug-likeness (QED) is 0.901. The second-order valence-corrected chi connectivity index (χ2v) is 5.30. The van der Waals surface area contributed by atoms with E-state index in [-0.39, 0.29) is 11.9 Å². The maximum Gasteiger partial charge on any atom is 0.248 e. The third-order valence-electron chi connectivity index (χ3n) is 3.61. The zero-order valence-corrected chi connectivity index (χ0v) is 12.8. The molecule has 2 heterocycles. The van der Waals surface area contributed by atoms with E-state index in [0.717, 1.165) is 29.1 Å². The average molecular weight is 302 g/mol. The number of ether oxygens (including phenoxy) is 1. The van der Waals surface area contributed by atoms with Crippen molar-refractivity contribution in [1.29, 1.82) is 0 Å². The van der Waals surface area contributed by atoms with Crippen molar-refractivity contribution in [3.05, 3.63) is 29.4 Å². The van der Waals surface area contributed by atoms with Crippen LogP contribution in [0.4, 0.5) is 11.4 Å². The van der Waals surface area contributed by atoms with Crippen molar-refractivity contribution in [1.82, 2.24) is 10.1 Å². The largest absolute Gasteiger partial charge is 0.495 e. The molecule has 1 aromatic carbocycles. The zero-order chi connectivity index (χ0) is 15.7. The Kier molecular flexibility index (Phi) is 3.70. The van der Waals surface area contributed by atoms with Gasteiger partial charge < -0.3 is 19.9 Å². The summed E-state index contributed by atoms with van der Waals surface area (Å²) in [4.78, 5) is 15.8. The number of hydrogen-bond acceptors (Lipinski definition) is 6. The summed E-state index contributed by atoms with van der Waals surface area (Å²) in [6, 6.07) is 3.65. The molecule has 7 heteroatoms. The molecule has 2 N–H and O–H groups in total. The number of aromatic nitrogens is 2. The third-order valence-corrected chi connectivity index (χ3v) is 3.61. The van der Waals surface area contributed by atoms with Crippen molar-refractivity contribution in [2.24, 2.45) is 0 Å². The van der Waals surface area contributed by atoms with Crippen LogP contribution in [0.2, 0.25) is 0 Å². The van der Waals surface area contributed by atoms with Gasteiger partial charge in [0.2, 0.25) is 11.8 Å². The number of carbonyl (C=O) groups excluding carboxylic acids is 1. The molecule has 7 nitrogen and oxygen atoms in total. The van der Waals surface area contributed by atoms with Crippen molar-refractivity contribution in [2.75, 3.05) is 17.7 Å². The average Bonchev–Trinajstić information content (AvgIpc) is 2.93. The Labute approximate surface area is 128 Å². The smallest absolute Gasteiger partial charge is 0.248 e. The molecule has 0 aliphatic carbocycles. The molecule has 1 aliphatic heterocycles. The van der Waals surface area contributed by atoms with E-state index in [4.69, 9.17) is 9.26 Å². The van der Waals surface area contributed by atoms with Crippen molar-refractivity contribution >= 4 is 17.3 Å². The molecule has 1 aliphatic rings. The fraction of sp³-hybridized carbons (Fsp3) is 0.400. The van der Waals surface area contributed by atoms with E-state index in [1.54, 1.807) is 14.0 Å². The van der Waals surface area contributed by atoms with Crippen LogP contribution >= 0.6 is 0 Å². The SMILES string of the molecule is COc1cc2c(cc1NC(C)c1nc(C)no1)NC(=O)CC2. The van der Waals surface area contributed by atoms with Crippen LogP contribution in [0, 0.1) is 6.92 Å². The number of rotatable bonds is 4. The number of anilines is 2. The summed E-state index contributed by atoms with van der Waals surface area (Å²) in [5, 5.41) is 9.95. The predicted octanol–water partition coefficient (Wildman–Crippen LogP) is 2.44. The van der Waals surface area contributed by atoms with Gasteiger partial charge in [0, 0.05) is 12.1 Å². The maximum absolute atomic E-state index is 11.5. The minimum Gasteiger partial charge on any atom is -0.495 e. The van der Waals surface area contributed by atoms with E-state index < -0.39 is 0 Å². The minimum atomic E-state index is -0.174. The molecule has 0 fully saturated rings. The number of carbonyl (C=O) groups is 1. The second-order valence-electron chi connectivity index (χ2n) is 5.30. The van der Waals surface area contributed by atoms with Gasteiger partial charge in [-0.3, -0.25) is 4.79 Å². The number of benzene rings is 1. The van der Waals surface area contributed by atoms with Gasteiger partial charge in [-0.15, -0.1) is 0 Å². The number of amides is 1. The van der Waals surface area contributed by atoms with E-state index >= 15 is 0 Å². The van der Waals surface area contributed by atoms with Gasteiger partial charge in [0.1, 0.15) is 11.8 Å². The lowest BCUT2D eigenvalue weighted by molar-refractivity contribution is -0.116. The molecule has 0 radical (unpaired) electrons. The van der Waals surface area contributed by atoms with Gasteiger partial charge in [-0.2, -0.15) is 4.98 Å². The Morgan fingerprint density at radius 3 is 2.91 bits per heavy atom. The Hall–Kier alpha value is -2.57. The lowest BCUT2D eigenvalue weighted by Crippen LogP contribution is -2.19. The number of aryl methyl sites for hydroxylation is 2. The number of nitrogens with zero attached hydrogens (tertiary/aromatic N) is 2. The molecular weight excluding hydrogens is 284 g/mol. The topological polar surface area (TPSA) is 89.3 Å². The zero-order valence-electron chi connectivity index (χ0n) is 12.8. The Morgan fingerprint density at radius 2 is 2.23 bits per heavy atom. The summed E-state index contributed by atoms with van der Waals surface area (Å²) in [6.45, 7) is 3.69. The van der Waals surface area contributed by atoms with Crippen LogP contribution in [-0.2, 0) is 11.2 Å². The summed E-state index contributed by atoms with van der Waals surface area (Å²) >= 11 is 0. The highest BCUT2D eigenvalue weighted by atomic mass is 16.5. The number of fused-ring (bicyclic) bond motifs is 1. The molecule has 0 bridgehead atoms. The first-order valence-corrected chi connectivity index (χ1v) is 7.14. The second kappa shape index (κ2) is 5.67. The van der Waals surface area contributed by atoms with Gasteiger partial charge in [0.25, 0.3) is 0 Å². The highest BCUT2D eigenvalue weighted by Gasteiger charge is 2.20. The fourth-order valence-corrected chi connectivity index (χ4v) is 2.47. The molecule has 2 aromatic rings. The molecule has 116 valence electrons. The van der Waals surface area contributed by atoms with E-state index in [9.17, 15) is 4.79 Å². The summed E-state index contributed by atoms with van der Waals surface area (Å²) in [5.74, 6) is 1.84. The third kappa shape index (κ3) is 2.74. The Bertz CT molecular complexity index is 711. The van der Waals surface area contributed by atoms with E-state index in [1.165, 1.54) is 0 Å². The van der Waals surface area contributed by atoms with Crippen LogP contribution in [0.5, 0.6) is 5.75 Å². The summed E-state index contributed by atoms with van der Waals surface area (Å²) in [5.41, 5.74) is 2.66. The molecule has 22 heavy (non-hydrogen) atoms. The van der Waals surface area contributed by atoms with Crippen molar-refractivity contribution in [3.8, 4) is 5.75 Å². The van der Waals surface area contributed by atoms with Gasteiger partial charge in [-0.25, -0.2) is 0 Å². The number of nitrogens with one attached hydrogen (secondary N) is 2. The normalized spacial score (nSPS) is 15.0. The van der Waals surface area contributed by atoms with Gasteiger partial charge in [-0.05, 0) is 38.0 Å². The molecular formula is C15H18N4O3. The van der Waals surface area contributed by atoms with Crippen LogP contribution in [0.1, 0.15) is 36.7 Å². The lowest BCUT2D eigenvalue weighted by Gasteiger charge is -2.21. The molecule has 1 aromatic heterocycles. The van der Waals surface area contributed by atoms with E-state index in [1.807, 2.05) is 19.1 Å².